The molecule has 0 fully saturated rings. The van der Waals surface area contributed by atoms with Crippen molar-refractivity contribution in [2.45, 2.75) is 45.4 Å². The summed E-state index contributed by atoms with van der Waals surface area (Å²) >= 11 is 0. The molecule has 0 radical (unpaired) electrons. The Balaban J connectivity index is 2.51. The van der Waals surface area contributed by atoms with Crippen LogP contribution in [0.15, 0.2) is 12.5 Å². The summed E-state index contributed by atoms with van der Waals surface area (Å²) in [6.45, 7) is 6.96. The van der Waals surface area contributed by atoms with Crippen LogP contribution in [0.4, 0.5) is 0 Å². The molecular formula is C12H18N2. The van der Waals surface area contributed by atoms with E-state index in [-0.39, 0.29) is 5.41 Å². The Bertz CT molecular complexity index is 331. The molecule has 0 aliphatic heterocycles. The van der Waals surface area contributed by atoms with Crippen molar-refractivity contribution in [3.05, 3.63) is 23.8 Å². The van der Waals surface area contributed by atoms with E-state index in [9.17, 15) is 0 Å². The van der Waals surface area contributed by atoms with E-state index in [4.69, 9.17) is 0 Å². The van der Waals surface area contributed by atoms with Crippen molar-refractivity contribution in [3.63, 3.8) is 0 Å². The van der Waals surface area contributed by atoms with Crippen LogP contribution in [0.3, 0.4) is 0 Å². The first-order valence-corrected chi connectivity index (χ1v) is 5.41. The average molecular weight is 190 g/mol. The van der Waals surface area contributed by atoms with Gasteiger partial charge in [0, 0.05) is 11.9 Å². The third kappa shape index (κ3) is 1.43. The number of aromatic nitrogens is 2. The van der Waals surface area contributed by atoms with Gasteiger partial charge in [0.25, 0.3) is 0 Å². The van der Waals surface area contributed by atoms with Gasteiger partial charge in [-0.2, -0.15) is 0 Å². The third-order valence-corrected chi connectivity index (χ3v) is 3.77. The van der Waals surface area contributed by atoms with E-state index < -0.39 is 0 Å². The summed E-state index contributed by atoms with van der Waals surface area (Å²) in [6.07, 6.45) is 7.35. The van der Waals surface area contributed by atoms with Gasteiger partial charge >= 0.3 is 0 Å². The van der Waals surface area contributed by atoms with Gasteiger partial charge in [0.15, 0.2) is 0 Å². The Morgan fingerprint density at radius 2 is 2.21 bits per heavy atom. The zero-order valence-corrected chi connectivity index (χ0v) is 9.25. The largest absolute Gasteiger partial charge is 0.244 e. The molecule has 2 heteroatoms. The fraction of sp³-hybridized carbons (Fsp3) is 0.667. The second kappa shape index (κ2) is 3.34. The van der Waals surface area contributed by atoms with Gasteiger partial charge in [0.05, 0.1) is 0 Å². The van der Waals surface area contributed by atoms with Crippen LogP contribution in [0, 0.1) is 5.92 Å². The van der Waals surface area contributed by atoms with Gasteiger partial charge in [-0.1, -0.05) is 20.8 Å². The van der Waals surface area contributed by atoms with Gasteiger partial charge < -0.3 is 0 Å². The lowest BCUT2D eigenvalue weighted by Gasteiger charge is -2.30. The summed E-state index contributed by atoms with van der Waals surface area (Å²) in [5.41, 5.74) is 2.84. The van der Waals surface area contributed by atoms with Crippen molar-refractivity contribution in [1.29, 1.82) is 0 Å². The molecular weight excluding hydrogens is 172 g/mol. The standard InChI is InChI=1S/C12H18N2/c1-9-5-4-6-11-10(12(9,2)3)7-13-8-14-11/h7-9H,4-6H2,1-3H3. The van der Waals surface area contributed by atoms with E-state index in [1.165, 1.54) is 24.1 Å². The molecule has 1 aliphatic rings. The van der Waals surface area contributed by atoms with Crippen LogP contribution in [0.5, 0.6) is 0 Å². The molecule has 1 aromatic heterocycles. The molecule has 1 unspecified atom stereocenters. The molecule has 2 nitrogen and oxygen atoms in total. The molecule has 76 valence electrons. The van der Waals surface area contributed by atoms with Gasteiger partial charge in [-0.05, 0) is 36.2 Å². The van der Waals surface area contributed by atoms with E-state index in [0.29, 0.717) is 0 Å². The molecule has 0 aromatic carbocycles. The summed E-state index contributed by atoms with van der Waals surface area (Å²) < 4.78 is 0. The van der Waals surface area contributed by atoms with Crippen molar-refractivity contribution in [3.8, 4) is 0 Å². The molecule has 0 amide bonds. The number of fused-ring (bicyclic) bond motifs is 1. The molecule has 0 spiro atoms. The monoisotopic (exact) mass is 190 g/mol. The van der Waals surface area contributed by atoms with Crippen molar-refractivity contribution >= 4 is 0 Å². The fourth-order valence-corrected chi connectivity index (χ4v) is 2.29. The number of aryl methyl sites for hydroxylation is 1. The van der Waals surface area contributed by atoms with E-state index in [1.54, 1.807) is 6.33 Å². The molecule has 0 N–H and O–H groups in total. The Hall–Kier alpha value is -0.920. The number of rotatable bonds is 0. The molecule has 1 atom stereocenters. The first-order chi connectivity index (χ1) is 6.62. The molecule has 2 rings (SSSR count). The topological polar surface area (TPSA) is 25.8 Å². The lowest BCUT2D eigenvalue weighted by Crippen LogP contribution is -2.26. The number of nitrogens with zero attached hydrogens (tertiary/aromatic N) is 2. The van der Waals surface area contributed by atoms with Crippen molar-refractivity contribution in [2.24, 2.45) is 5.92 Å². The Morgan fingerprint density at radius 3 is 3.00 bits per heavy atom. The highest BCUT2D eigenvalue weighted by molar-refractivity contribution is 5.27. The second-order valence-corrected chi connectivity index (χ2v) is 4.90. The van der Waals surface area contributed by atoms with E-state index in [1.807, 2.05) is 6.20 Å². The minimum absolute atomic E-state index is 0.229. The maximum Gasteiger partial charge on any atom is 0.115 e. The van der Waals surface area contributed by atoms with E-state index >= 15 is 0 Å². The molecule has 0 saturated heterocycles. The van der Waals surface area contributed by atoms with Crippen molar-refractivity contribution in [1.82, 2.24) is 9.97 Å². The van der Waals surface area contributed by atoms with Crippen LogP contribution in [0.1, 0.15) is 44.9 Å². The normalized spacial score (nSPS) is 25.2. The summed E-state index contributed by atoms with van der Waals surface area (Å²) in [5, 5.41) is 0. The molecule has 1 aromatic rings. The fourth-order valence-electron chi connectivity index (χ4n) is 2.29. The maximum absolute atomic E-state index is 4.40. The van der Waals surface area contributed by atoms with Gasteiger partial charge in [-0.15, -0.1) is 0 Å². The summed E-state index contributed by atoms with van der Waals surface area (Å²) in [6, 6.07) is 0. The van der Waals surface area contributed by atoms with Crippen LogP contribution in [-0.2, 0) is 11.8 Å². The number of hydrogen-bond acceptors (Lipinski definition) is 2. The van der Waals surface area contributed by atoms with Crippen LogP contribution in [0.25, 0.3) is 0 Å². The molecule has 14 heavy (non-hydrogen) atoms. The summed E-state index contributed by atoms with van der Waals surface area (Å²) in [7, 11) is 0. The SMILES string of the molecule is CC1CCCc2ncncc2C1(C)C. The van der Waals surface area contributed by atoms with Gasteiger partial charge in [0.1, 0.15) is 6.33 Å². The minimum atomic E-state index is 0.229. The molecule has 0 saturated carbocycles. The van der Waals surface area contributed by atoms with Crippen LogP contribution in [0.2, 0.25) is 0 Å². The molecule has 1 heterocycles. The Kier molecular flexibility index (Phi) is 2.30. The van der Waals surface area contributed by atoms with E-state index in [2.05, 4.69) is 30.7 Å². The Labute approximate surface area is 85.8 Å². The average Bonchev–Trinajstić information content (AvgIpc) is 2.27. The Morgan fingerprint density at radius 1 is 1.43 bits per heavy atom. The highest BCUT2D eigenvalue weighted by Crippen LogP contribution is 2.38. The first kappa shape index (κ1) is 9.63. The van der Waals surface area contributed by atoms with Gasteiger partial charge in [-0.3, -0.25) is 0 Å². The smallest absolute Gasteiger partial charge is 0.115 e. The van der Waals surface area contributed by atoms with Crippen LogP contribution < -0.4 is 0 Å². The van der Waals surface area contributed by atoms with Crippen molar-refractivity contribution < 1.29 is 0 Å². The zero-order valence-electron chi connectivity index (χ0n) is 9.25. The predicted octanol–water partition coefficient (Wildman–Crippen LogP) is 2.73. The lowest BCUT2D eigenvalue weighted by atomic mass is 9.74. The van der Waals surface area contributed by atoms with Crippen LogP contribution in [-0.4, -0.2) is 9.97 Å². The summed E-state index contributed by atoms with van der Waals surface area (Å²) in [5.74, 6) is 0.717. The maximum atomic E-state index is 4.40. The first-order valence-electron chi connectivity index (χ1n) is 5.41. The molecule has 1 aliphatic carbocycles. The van der Waals surface area contributed by atoms with Crippen LogP contribution >= 0.6 is 0 Å². The number of hydrogen-bond donors (Lipinski definition) is 0. The third-order valence-electron chi connectivity index (χ3n) is 3.77. The highest BCUT2D eigenvalue weighted by atomic mass is 14.8. The quantitative estimate of drug-likeness (QED) is 0.588. The zero-order chi connectivity index (χ0) is 10.2. The lowest BCUT2D eigenvalue weighted by molar-refractivity contribution is 0.328. The molecule has 0 bridgehead atoms. The summed E-state index contributed by atoms with van der Waals surface area (Å²) in [4.78, 5) is 8.56. The van der Waals surface area contributed by atoms with Gasteiger partial charge in [-0.25, -0.2) is 9.97 Å². The highest BCUT2D eigenvalue weighted by Gasteiger charge is 2.32. The predicted molar refractivity (Wildman–Crippen MR) is 57.2 cm³/mol. The van der Waals surface area contributed by atoms with E-state index in [0.717, 1.165) is 12.3 Å². The second-order valence-electron chi connectivity index (χ2n) is 4.90. The van der Waals surface area contributed by atoms with Gasteiger partial charge in [0.2, 0.25) is 0 Å². The van der Waals surface area contributed by atoms with Crippen molar-refractivity contribution in [2.75, 3.05) is 0 Å². The minimum Gasteiger partial charge on any atom is -0.244 e.